The first kappa shape index (κ1) is 9.49. The molecule has 0 aromatic carbocycles. The number of rotatable bonds is 3. The maximum Gasteiger partial charge on any atom is 0.222 e. The Morgan fingerprint density at radius 3 is 2.93 bits per heavy atom. The van der Waals surface area contributed by atoms with E-state index >= 15 is 0 Å². The zero-order valence-electron chi connectivity index (χ0n) is 8.16. The molecule has 0 bridgehead atoms. The van der Waals surface area contributed by atoms with Crippen molar-refractivity contribution >= 4 is 11.8 Å². The largest absolute Gasteiger partial charge is 0.356 e. The quantitative estimate of drug-likeness (QED) is 0.686. The topological polar surface area (TPSA) is 49.4 Å². The fraction of sp³-hybridized carbons (Fsp3) is 0.700. The highest BCUT2D eigenvalue weighted by molar-refractivity contribution is 5.79. The molecule has 0 aliphatic carbocycles. The van der Waals surface area contributed by atoms with Crippen LogP contribution in [-0.2, 0) is 9.59 Å². The van der Waals surface area contributed by atoms with E-state index in [1.165, 1.54) is 0 Å². The van der Waals surface area contributed by atoms with E-state index in [9.17, 15) is 9.59 Å². The number of carbonyl (C=O) groups excluding carboxylic acids is 2. The van der Waals surface area contributed by atoms with Crippen molar-refractivity contribution in [1.29, 1.82) is 0 Å². The van der Waals surface area contributed by atoms with Gasteiger partial charge in [0.2, 0.25) is 11.8 Å². The van der Waals surface area contributed by atoms with Crippen molar-refractivity contribution in [1.82, 2.24) is 10.2 Å². The summed E-state index contributed by atoms with van der Waals surface area (Å²) in [5.74, 6) is 0.688. The summed E-state index contributed by atoms with van der Waals surface area (Å²) in [5, 5.41) is 2.78. The van der Waals surface area contributed by atoms with Crippen molar-refractivity contribution < 1.29 is 9.59 Å². The maximum absolute atomic E-state index is 11.3. The fourth-order valence-corrected chi connectivity index (χ4v) is 1.97. The fourth-order valence-electron chi connectivity index (χ4n) is 1.97. The van der Waals surface area contributed by atoms with Gasteiger partial charge in [-0.15, -0.1) is 0 Å². The van der Waals surface area contributed by atoms with Crippen molar-refractivity contribution in [3.8, 4) is 0 Å². The molecule has 2 aliphatic rings. The second-order valence-corrected chi connectivity index (χ2v) is 3.95. The normalized spacial score (nSPS) is 27.1. The molecule has 77 valence electrons. The molecule has 14 heavy (non-hydrogen) atoms. The Morgan fingerprint density at radius 1 is 1.50 bits per heavy atom. The molecule has 2 saturated heterocycles. The Morgan fingerprint density at radius 2 is 2.36 bits per heavy atom. The molecule has 0 aromatic rings. The predicted molar refractivity (Wildman–Crippen MR) is 51.2 cm³/mol. The van der Waals surface area contributed by atoms with Gasteiger partial charge in [0.25, 0.3) is 0 Å². The van der Waals surface area contributed by atoms with Crippen LogP contribution < -0.4 is 5.32 Å². The SMILES string of the molecule is O=C1CC([CH]CN2CCCC2=O)CN1. The summed E-state index contributed by atoms with van der Waals surface area (Å²) >= 11 is 0. The highest BCUT2D eigenvalue weighted by Gasteiger charge is 2.25. The second kappa shape index (κ2) is 3.98. The zero-order valence-corrected chi connectivity index (χ0v) is 8.16. The molecule has 0 saturated carbocycles. The predicted octanol–water partition coefficient (Wildman–Crippen LogP) is -0.0508. The molecule has 1 unspecified atom stereocenters. The van der Waals surface area contributed by atoms with E-state index in [1.807, 2.05) is 4.90 Å². The average Bonchev–Trinajstić information content (AvgIpc) is 2.72. The zero-order chi connectivity index (χ0) is 9.97. The summed E-state index contributed by atoms with van der Waals surface area (Å²) in [4.78, 5) is 24.0. The summed E-state index contributed by atoms with van der Waals surface area (Å²) in [6.07, 6.45) is 4.34. The van der Waals surface area contributed by atoms with Gasteiger partial charge in [0, 0.05) is 32.5 Å². The smallest absolute Gasteiger partial charge is 0.222 e. The first-order valence-corrected chi connectivity index (χ1v) is 5.13. The lowest BCUT2D eigenvalue weighted by molar-refractivity contribution is -0.127. The number of nitrogens with one attached hydrogen (secondary N) is 1. The average molecular weight is 195 g/mol. The second-order valence-electron chi connectivity index (χ2n) is 3.95. The van der Waals surface area contributed by atoms with Crippen molar-refractivity contribution in [2.24, 2.45) is 5.92 Å². The Labute approximate surface area is 83.6 Å². The molecule has 2 amide bonds. The third-order valence-corrected chi connectivity index (χ3v) is 2.84. The number of nitrogens with zero attached hydrogens (tertiary/aromatic N) is 1. The number of hydrogen-bond donors (Lipinski definition) is 1. The van der Waals surface area contributed by atoms with Gasteiger partial charge in [-0.2, -0.15) is 0 Å². The van der Waals surface area contributed by atoms with E-state index in [4.69, 9.17) is 0 Å². The Balaban J connectivity index is 1.71. The summed E-state index contributed by atoms with van der Waals surface area (Å²) in [6, 6.07) is 0. The molecule has 2 fully saturated rings. The van der Waals surface area contributed by atoms with Crippen LogP contribution in [0.3, 0.4) is 0 Å². The molecule has 1 N–H and O–H groups in total. The lowest BCUT2D eigenvalue weighted by Crippen LogP contribution is -2.28. The van der Waals surface area contributed by atoms with Gasteiger partial charge in [-0.05, 0) is 18.8 Å². The summed E-state index contributed by atoms with van der Waals surface area (Å²) in [7, 11) is 0. The van der Waals surface area contributed by atoms with Crippen LogP contribution in [0.4, 0.5) is 0 Å². The number of amides is 2. The van der Waals surface area contributed by atoms with Crippen LogP contribution in [0.25, 0.3) is 0 Å². The molecule has 4 heteroatoms. The minimum atomic E-state index is 0.124. The Hall–Kier alpha value is -1.06. The van der Waals surface area contributed by atoms with Gasteiger partial charge >= 0.3 is 0 Å². The minimum Gasteiger partial charge on any atom is -0.356 e. The highest BCUT2D eigenvalue weighted by Crippen LogP contribution is 2.16. The Kier molecular flexibility index (Phi) is 2.70. The molecule has 0 aromatic heterocycles. The van der Waals surface area contributed by atoms with Crippen molar-refractivity contribution in [3.63, 3.8) is 0 Å². The number of likely N-dealkylation sites (tertiary alicyclic amines) is 1. The monoisotopic (exact) mass is 195 g/mol. The molecule has 2 aliphatic heterocycles. The molecule has 2 heterocycles. The van der Waals surface area contributed by atoms with Crippen LogP contribution in [-0.4, -0.2) is 36.3 Å². The van der Waals surface area contributed by atoms with Gasteiger partial charge in [-0.3, -0.25) is 9.59 Å². The van der Waals surface area contributed by atoms with Crippen molar-refractivity contribution in [2.75, 3.05) is 19.6 Å². The molecule has 0 spiro atoms. The summed E-state index contributed by atoms with van der Waals surface area (Å²) < 4.78 is 0. The first-order valence-electron chi connectivity index (χ1n) is 5.13. The van der Waals surface area contributed by atoms with Crippen LogP contribution in [0.15, 0.2) is 0 Å². The third kappa shape index (κ3) is 2.05. The summed E-state index contributed by atoms with van der Waals surface area (Å²) in [5.41, 5.74) is 0. The standard InChI is InChI=1S/C10H15N2O2/c13-9-6-8(7-11-9)3-5-12-4-1-2-10(12)14/h3,8H,1-2,4-7H2,(H,11,13). The maximum atomic E-state index is 11.3. The van der Waals surface area contributed by atoms with E-state index in [0.717, 1.165) is 19.5 Å². The van der Waals surface area contributed by atoms with Gasteiger partial charge in [-0.1, -0.05) is 0 Å². The Bertz CT molecular complexity index is 253. The van der Waals surface area contributed by atoms with Crippen molar-refractivity contribution in [2.45, 2.75) is 19.3 Å². The lowest BCUT2D eigenvalue weighted by atomic mass is 10.0. The van der Waals surface area contributed by atoms with Gasteiger partial charge in [-0.25, -0.2) is 0 Å². The highest BCUT2D eigenvalue weighted by atomic mass is 16.2. The van der Waals surface area contributed by atoms with E-state index in [-0.39, 0.29) is 11.8 Å². The van der Waals surface area contributed by atoms with Crippen LogP contribution in [0.2, 0.25) is 0 Å². The lowest BCUT2D eigenvalue weighted by Gasteiger charge is -2.16. The van der Waals surface area contributed by atoms with E-state index in [1.54, 1.807) is 0 Å². The number of hydrogen-bond acceptors (Lipinski definition) is 2. The molecular formula is C10H15N2O2. The van der Waals surface area contributed by atoms with E-state index < -0.39 is 0 Å². The third-order valence-electron chi connectivity index (χ3n) is 2.84. The first-order chi connectivity index (χ1) is 6.75. The van der Waals surface area contributed by atoms with E-state index in [2.05, 4.69) is 11.7 Å². The van der Waals surface area contributed by atoms with Crippen molar-refractivity contribution in [3.05, 3.63) is 6.42 Å². The van der Waals surface area contributed by atoms with Crippen LogP contribution in [0, 0.1) is 12.3 Å². The molecule has 1 radical (unpaired) electrons. The van der Waals surface area contributed by atoms with Gasteiger partial charge in [0.15, 0.2) is 0 Å². The molecule has 2 rings (SSSR count). The van der Waals surface area contributed by atoms with Crippen LogP contribution in [0.1, 0.15) is 19.3 Å². The van der Waals surface area contributed by atoms with Gasteiger partial charge in [0.1, 0.15) is 0 Å². The number of carbonyl (C=O) groups is 2. The molecular weight excluding hydrogens is 180 g/mol. The van der Waals surface area contributed by atoms with Crippen LogP contribution >= 0.6 is 0 Å². The summed E-state index contributed by atoms with van der Waals surface area (Å²) in [6.45, 7) is 2.32. The molecule has 1 atom stereocenters. The van der Waals surface area contributed by atoms with E-state index in [0.29, 0.717) is 25.3 Å². The van der Waals surface area contributed by atoms with Crippen LogP contribution in [0.5, 0.6) is 0 Å². The van der Waals surface area contributed by atoms with Gasteiger partial charge < -0.3 is 10.2 Å². The minimum absolute atomic E-state index is 0.124. The molecule has 4 nitrogen and oxygen atoms in total. The van der Waals surface area contributed by atoms with Gasteiger partial charge in [0.05, 0.1) is 0 Å².